The molecule has 1 rings (SSSR count). The summed E-state index contributed by atoms with van der Waals surface area (Å²) >= 11 is 0. The smallest absolute Gasteiger partial charge is 0.0518 e. The van der Waals surface area contributed by atoms with Gasteiger partial charge in [-0.2, -0.15) is 0 Å². The molecule has 18 heavy (non-hydrogen) atoms. The zero-order valence-electron chi connectivity index (χ0n) is 12.9. The molecule has 2 nitrogen and oxygen atoms in total. The lowest BCUT2D eigenvalue weighted by Crippen LogP contribution is -2.31. The Morgan fingerprint density at radius 1 is 1.06 bits per heavy atom. The number of hydrogen-bond acceptors (Lipinski definition) is 2. The molecule has 0 aliphatic heterocycles. The highest BCUT2D eigenvalue weighted by atomic mass is 16.5. The minimum atomic E-state index is 0.373. The second-order valence-electron chi connectivity index (χ2n) is 6.56. The fourth-order valence-electron chi connectivity index (χ4n) is 2.95. The third kappa shape index (κ3) is 6.75. The Balaban J connectivity index is 2.27. The molecule has 1 saturated carbocycles. The van der Waals surface area contributed by atoms with Gasteiger partial charge >= 0.3 is 0 Å². The van der Waals surface area contributed by atoms with Crippen LogP contribution in [0.1, 0.15) is 59.8 Å². The van der Waals surface area contributed by atoms with Gasteiger partial charge in [-0.25, -0.2) is 0 Å². The standard InChI is InChI=1S/C16H33NO/c1-13(2)11-17-12-16(9-10-18-14(3)4)15-7-5-6-8-15/h13-17H,5-12H2,1-4H3. The fraction of sp³-hybridized carbons (Fsp3) is 1.00. The SMILES string of the molecule is CC(C)CNCC(CCOC(C)C)C1CCCC1. The van der Waals surface area contributed by atoms with Crippen molar-refractivity contribution in [2.75, 3.05) is 19.7 Å². The zero-order valence-corrected chi connectivity index (χ0v) is 12.9. The van der Waals surface area contributed by atoms with Crippen LogP contribution in [-0.4, -0.2) is 25.8 Å². The lowest BCUT2D eigenvalue weighted by molar-refractivity contribution is 0.0622. The van der Waals surface area contributed by atoms with Crippen molar-refractivity contribution in [3.05, 3.63) is 0 Å². The molecule has 0 radical (unpaired) electrons. The molecule has 0 aromatic heterocycles. The Labute approximate surface area is 114 Å². The van der Waals surface area contributed by atoms with E-state index in [1.807, 2.05) is 0 Å². The normalized spacial score (nSPS) is 19.0. The van der Waals surface area contributed by atoms with Crippen LogP contribution < -0.4 is 5.32 Å². The van der Waals surface area contributed by atoms with Gasteiger partial charge in [-0.05, 0) is 51.1 Å². The molecule has 0 aromatic rings. The lowest BCUT2D eigenvalue weighted by atomic mass is 9.88. The molecular weight excluding hydrogens is 222 g/mol. The van der Waals surface area contributed by atoms with Crippen molar-refractivity contribution in [1.82, 2.24) is 5.32 Å². The van der Waals surface area contributed by atoms with Crippen LogP contribution in [0.25, 0.3) is 0 Å². The summed E-state index contributed by atoms with van der Waals surface area (Å²) in [7, 11) is 0. The van der Waals surface area contributed by atoms with Crippen LogP contribution in [-0.2, 0) is 4.74 Å². The van der Waals surface area contributed by atoms with Gasteiger partial charge in [-0.15, -0.1) is 0 Å². The molecule has 1 unspecified atom stereocenters. The summed E-state index contributed by atoms with van der Waals surface area (Å²) in [6, 6.07) is 0. The highest BCUT2D eigenvalue weighted by Crippen LogP contribution is 2.32. The van der Waals surface area contributed by atoms with E-state index in [2.05, 4.69) is 33.0 Å². The van der Waals surface area contributed by atoms with Crippen molar-refractivity contribution in [2.45, 2.75) is 65.9 Å². The first-order chi connectivity index (χ1) is 8.59. The maximum atomic E-state index is 5.73. The summed E-state index contributed by atoms with van der Waals surface area (Å²) in [6.45, 7) is 12.1. The topological polar surface area (TPSA) is 21.3 Å². The zero-order chi connectivity index (χ0) is 13.4. The van der Waals surface area contributed by atoms with E-state index in [1.54, 1.807) is 0 Å². The Bertz CT molecular complexity index is 183. The van der Waals surface area contributed by atoms with Gasteiger partial charge in [0.1, 0.15) is 0 Å². The van der Waals surface area contributed by atoms with E-state index in [-0.39, 0.29) is 0 Å². The molecule has 1 fully saturated rings. The molecule has 0 aromatic carbocycles. The summed E-state index contributed by atoms with van der Waals surface area (Å²) < 4.78 is 5.73. The van der Waals surface area contributed by atoms with Crippen LogP contribution in [0.15, 0.2) is 0 Å². The molecule has 1 aliphatic carbocycles. The maximum absolute atomic E-state index is 5.73. The Hall–Kier alpha value is -0.0800. The summed E-state index contributed by atoms with van der Waals surface area (Å²) in [4.78, 5) is 0. The number of ether oxygens (including phenoxy) is 1. The molecule has 2 heteroatoms. The molecule has 1 N–H and O–H groups in total. The molecule has 0 saturated heterocycles. The Morgan fingerprint density at radius 3 is 2.28 bits per heavy atom. The Kier molecular flexibility index (Phi) is 7.92. The average molecular weight is 255 g/mol. The van der Waals surface area contributed by atoms with Crippen LogP contribution in [0.4, 0.5) is 0 Å². The van der Waals surface area contributed by atoms with Crippen molar-refractivity contribution in [1.29, 1.82) is 0 Å². The predicted octanol–water partition coefficient (Wildman–Crippen LogP) is 3.85. The van der Waals surface area contributed by atoms with Crippen LogP contribution >= 0.6 is 0 Å². The van der Waals surface area contributed by atoms with Gasteiger partial charge in [0, 0.05) is 6.61 Å². The first-order valence-electron chi connectivity index (χ1n) is 7.92. The van der Waals surface area contributed by atoms with E-state index in [1.165, 1.54) is 38.6 Å². The van der Waals surface area contributed by atoms with Gasteiger partial charge in [0.25, 0.3) is 0 Å². The minimum absolute atomic E-state index is 0.373. The maximum Gasteiger partial charge on any atom is 0.0518 e. The van der Waals surface area contributed by atoms with E-state index in [0.717, 1.165) is 30.9 Å². The highest BCUT2D eigenvalue weighted by molar-refractivity contribution is 4.77. The van der Waals surface area contributed by atoms with Crippen LogP contribution in [0.3, 0.4) is 0 Å². The van der Waals surface area contributed by atoms with E-state index < -0.39 is 0 Å². The second-order valence-corrected chi connectivity index (χ2v) is 6.56. The lowest BCUT2D eigenvalue weighted by Gasteiger charge is -2.25. The largest absolute Gasteiger partial charge is 0.379 e. The quantitative estimate of drug-likeness (QED) is 0.675. The Morgan fingerprint density at radius 2 is 1.72 bits per heavy atom. The van der Waals surface area contributed by atoms with Crippen LogP contribution in [0, 0.1) is 17.8 Å². The van der Waals surface area contributed by atoms with Gasteiger partial charge in [-0.3, -0.25) is 0 Å². The van der Waals surface area contributed by atoms with Crippen molar-refractivity contribution < 1.29 is 4.74 Å². The third-order valence-electron chi connectivity index (χ3n) is 3.97. The summed E-state index contributed by atoms with van der Waals surface area (Å²) in [5, 5.41) is 3.64. The van der Waals surface area contributed by atoms with E-state index >= 15 is 0 Å². The van der Waals surface area contributed by atoms with Crippen molar-refractivity contribution in [3.63, 3.8) is 0 Å². The first-order valence-corrected chi connectivity index (χ1v) is 7.92. The molecular formula is C16H33NO. The number of rotatable bonds is 9. The monoisotopic (exact) mass is 255 g/mol. The third-order valence-corrected chi connectivity index (χ3v) is 3.97. The van der Waals surface area contributed by atoms with Gasteiger partial charge < -0.3 is 10.1 Å². The summed E-state index contributed by atoms with van der Waals surface area (Å²) in [6.07, 6.45) is 7.37. The van der Waals surface area contributed by atoms with Gasteiger partial charge in [0.2, 0.25) is 0 Å². The van der Waals surface area contributed by atoms with E-state index in [9.17, 15) is 0 Å². The van der Waals surface area contributed by atoms with Gasteiger partial charge in [0.05, 0.1) is 6.10 Å². The van der Waals surface area contributed by atoms with Gasteiger partial charge in [0.15, 0.2) is 0 Å². The molecule has 0 spiro atoms. The second kappa shape index (κ2) is 8.92. The van der Waals surface area contributed by atoms with Crippen molar-refractivity contribution in [3.8, 4) is 0 Å². The summed E-state index contributed by atoms with van der Waals surface area (Å²) in [5.41, 5.74) is 0. The molecule has 108 valence electrons. The number of hydrogen-bond donors (Lipinski definition) is 1. The average Bonchev–Trinajstić information content (AvgIpc) is 2.79. The molecule has 1 aliphatic rings. The van der Waals surface area contributed by atoms with Crippen molar-refractivity contribution >= 4 is 0 Å². The highest BCUT2D eigenvalue weighted by Gasteiger charge is 2.24. The van der Waals surface area contributed by atoms with Gasteiger partial charge in [-0.1, -0.05) is 39.5 Å². The summed E-state index contributed by atoms with van der Waals surface area (Å²) in [5.74, 6) is 2.52. The molecule has 0 bridgehead atoms. The van der Waals surface area contributed by atoms with Crippen LogP contribution in [0.5, 0.6) is 0 Å². The molecule has 0 amide bonds. The molecule has 1 atom stereocenters. The van der Waals surface area contributed by atoms with E-state index in [0.29, 0.717) is 6.10 Å². The fourth-order valence-corrected chi connectivity index (χ4v) is 2.95. The predicted molar refractivity (Wildman–Crippen MR) is 78.9 cm³/mol. The minimum Gasteiger partial charge on any atom is -0.379 e. The number of nitrogens with one attached hydrogen (secondary N) is 1. The van der Waals surface area contributed by atoms with Crippen LogP contribution in [0.2, 0.25) is 0 Å². The first kappa shape index (κ1) is 16.0. The van der Waals surface area contributed by atoms with E-state index in [4.69, 9.17) is 4.74 Å². The molecule has 0 heterocycles. The van der Waals surface area contributed by atoms with Crippen molar-refractivity contribution in [2.24, 2.45) is 17.8 Å².